The Labute approximate surface area is 172 Å². The van der Waals surface area contributed by atoms with Gasteiger partial charge in [0.25, 0.3) is 5.91 Å². The van der Waals surface area contributed by atoms with Crippen molar-refractivity contribution in [3.63, 3.8) is 0 Å². The van der Waals surface area contributed by atoms with Crippen LogP contribution in [0.1, 0.15) is 29.8 Å². The maximum Gasteiger partial charge on any atom is 0.310 e. The first-order chi connectivity index (χ1) is 12.0. The van der Waals surface area contributed by atoms with Gasteiger partial charge in [-0.25, -0.2) is 0 Å². The summed E-state index contributed by atoms with van der Waals surface area (Å²) in [5, 5.41) is 8.99. The van der Waals surface area contributed by atoms with Gasteiger partial charge in [-0.1, -0.05) is 19.1 Å². The van der Waals surface area contributed by atoms with Crippen molar-refractivity contribution in [3.8, 4) is 0 Å². The molecule has 0 saturated carbocycles. The fourth-order valence-electron chi connectivity index (χ4n) is 2.18. The molecule has 146 valence electrons. The lowest BCUT2D eigenvalue weighted by Gasteiger charge is -2.13. The zero-order valence-electron chi connectivity index (χ0n) is 15.8. The van der Waals surface area contributed by atoms with Gasteiger partial charge in [0.05, 0.1) is 19.6 Å². The van der Waals surface area contributed by atoms with E-state index in [0.29, 0.717) is 24.6 Å². The SMILES string of the molecule is CCNC(=NCC(C)C(=O)OC)NCCc1cccc(C(=O)NC)c1.I. The van der Waals surface area contributed by atoms with Gasteiger partial charge in [-0.2, -0.15) is 0 Å². The number of esters is 1. The highest BCUT2D eigenvalue weighted by atomic mass is 127. The summed E-state index contributed by atoms with van der Waals surface area (Å²) in [5.41, 5.74) is 1.71. The highest BCUT2D eigenvalue weighted by Crippen LogP contribution is 2.05. The fourth-order valence-corrected chi connectivity index (χ4v) is 2.18. The smallest absolute Gasteiger partial charge is 0.310 e. The fraction of sp³-hybridized carbons (Fsp3) is 0.500. The molecule has 0 radical (unpaired) electrons. The van der Waals surface area contributed by atoms with Crippen LogP contribution < -0.4 is 16.0 Å². The average Bonchev–Trinajstić information content (AvgIpc) is 2.64. The number of aliphatic imine (C=N–C) groups is 1. The van der Waals surface area contributed by atoms with Gasteiger partial charge in [-0.15, -0.1) is 24.0 Å². The van der Waals surface area contributed by atoms with Crippen LogP contribution in [0.3, 0.4) is 0 Å². The van der Waals surface area contributed by atoms with Crippen LogP contribution in [0.4, 0.5) is 0 Å². The summed E-state index contributed by atoms with van der Waals surface area (Å²) in [6.07, 6.45) is 0.752. The summed E-state index contributed by atoms with van der Waals surface area (Å²) in [6.45, 7) is 5.51. The standard InChI is InChI=1S/C18H28N4O3.HI/c1-5-20-18(22-12-13(2)17(24)25-4)21-10-9-14-7-6-8-15(11-14)16(23)19-3;/h6-8,11,13H,5,9-10,12H2,1-4H3,(H,19,23)(H2,20,21,22);1H. The summed E-state index contributed by atoms with van der Waals surface area (Å²) < 4.78 is 4.70. The molecule has 0 bridgehead atoms. The summed E-state index contributed by atoms with van der Waals surface area (Å²) >= 11 is 0. The van der Waals surface area contributed by atoms with Crippen molar-refractivity contribution >= 4 is 41.8 Å². The molecule has 0 spiro atoms. The normalized spacial score (nSPS) is 11.8. The number of hydrogen-bond donors (Lipinski definition) is 3. The molecule has 8 heteroatoms. The minimum Gasteiger partial charge on any atom is -0.469 e. The predicted octanol–water partition coefficient (Wildman–Crippen LogP) is 1.57. The molecular weight excluding hydrogens is 447 g/mol. The molecule has 1 atom stereocenters. The molecule has 26 heavy (non-hydrogen) atoms. The van der Waals surface area contributed by atoms with E-state index in [0.717, 1.165) is 18.5 Å². The Morgan fingerprint density at radius 1 is 1.27 bits per heavy atom. The van der Waals surface area contributed by atoms with E-state index >= 15 is 0 Å². The first-order valence-corrected chi connectivity index (χ1v) is 8.42. The minimum atomic E-state index is -0.287. The van der Waals surface area contributed by atoms with Crippen molar-refractivity contribution in [2.75, 3.05) is 33.8 Å². The zero-order valence-corrected chi connectivity index (χ0v) is 18.1. The Bertz CT molecular complexity index is 608. The second kappa shape index (κ2) is 13.4. The molecule has 0 fully saturated rings. The van der Waals surface area contributed by atoms with Crippen LogP contribution in [0.15, 0.2) is 29.3 Å². The number of carbonyl (C=O) groups excluding carboxylic acids is 2. The average molecular weight is 476 g/mol. The molecule has 0 heterocycles. The van der Waals surface area contributed by atoms with Gasteiger partial charge >= 0.3 is 5.97 Å². The van der Waals surface area contributed by atoms with Crippen LogP contribution >= 0.6 is 24.0 Å². The van der Waals surface area contributed by atoms with Crippen LogP contribution in [0.5, 0.6) is 0 Å². The molecule has 3 N–H and O–H groups in total. The molecule has 0 aliphatic carbocycles. The number of ether oxygens (including phenoxy) is 1. The molecule has 1 aromatic rings. The molecule has 0 aliphatic heterocycles. The van der Waals surface area contributed by atoms with E-state index < -0.39 is 0 Å². The van der Waals surface area contributed by atoms with Crippen molar-refractivity contribution in [2.24, 2.45) is 10.9 Å². The molecule has 1 rings (SSSR count). The van der Waals surface area contributed by atoms with Crippen molar-refractivity contribution in [1.82, 2.24) is 16.0 Å². The third-order valence-electron chi connectivity index (χ3n) is 3.59. The lowest BCUT2D eigenvalue weighted by molar-refractivity contribution is -0.144. The molecule has 1 amide bonds. The summed E-state index contributed by atoms with van der Waals surface area (Å²) in [5.74, 6) is -0.00229. The maximum atomic E-state index is 11.7. The van der Waals surface area contributed by atoms with E-state index in [4.69, 9.17) is 4.74 Å². The number of nitrogens with one attached hydrogen (secondary N) is 3. The maximum absolute atomic E-state index is 11.7. The second-order valence-corrected chi connectivity index (χ2v) is 5.60. The van der Waals surface area contributed by atoms with Crippen LogP contribution in [0.25, 0.3) is 0 Å². The Balaban J connectivity index is 0.00000625. The van der Waals surface area contributed by atoms with E-state index in [1.54, 1.807) is 20.0 Å². The molecular formula is C18H29IN4O3. The summed E-state index contributed by atoms with van der Waals surface area (Å²) in [4.78, 5) is 27.5. The lowest BCUT2D eigenvalue weighted by atomic mass is 10.1. The minimum absolute atomic E-state index is 0. The first-order valence-electron chi connectivity index (χ1n) is 8.42. The predicted molar refractivity (Wildman–Crippen MR) is 114 cm³/mol. The van der Waals surface area contributed by atoms with Gasteiger partial charge in [0.1, 0.15) is 0 Å². The van der Waals surface area contributed by atoms with Gasteiger partial charge in [0, 0.05) is 25.7 Å². The largest absolute Gasteiger partial charge is 0.469 e. The highest BCUT2D eigenvalue weighted by molar-refractivity contribution is 14.0. The molecule has 7 nitrogen and oxygen atoms in total. The molecule has 1 aromatic carbocycles. The number of amides is 1. The van der Waals surface area contributed by atoms with E-state index in [2.05, 4.69) is 20.9 Å². The van der Waals surface area contributed by atoms with Crippen molar-refractivity contribution in [3.05, 3.63) is 35.4 Å². The second-order valence-electron chi connectivity index (χ2n) is 5.60. The first kappa shape index (κ1) is 24.2. The lowest BCUT2D eigenvalue weighted by Crippen LogP contribution is -2.38. The quantitative estimate of drug-likeness (QED) is 0.229. The Kier molecular flexibility index (Phi) is 12.4. The Hall–Kier alpha value is -1.84. The Morgan fingerprint density at radius 3 is 2.62 bits per heavy atom. The third-order valence-corrected chi connectivity index (χ3v) is 3.59. The van der Waals surface area contributed by atoms with Gasteiger partial charge < -0.3 is 20.7 Å². The van der Waals surface area contributed by atoms with Gasteiger partial charge in [0.15, 0.2) is 5.96 Å². The summed E-state index contributed by atoms with van der Waals surface area (Å²) in [7, 11) is 2.99. The van der Waals surface area contributed by atoms with E-state index in [9.17, 15) is 9.59 Å². The monoisotopic (exact) mass is 476 g/mol. The molecule has 0 saturated heterocycles. The number of guanidine groups is 1. The topological polar surface area (TPSA) is 91.8 Å². The molecule has 1 unspecified atom stereocenters. The van der Waals surface area contributed by atoms with Crippen LogP contribution in [-0.4, -0.2) is 51.6 Å². The third kappa shape index (κ3) is 8.50. The van der Waals surface area contributed by atoms with Gasteiger partial charge in [-0.05, 0) is 31.0 Å². The van der Waals surface area contributed by atoms with Crippen LogP contribution in [0, 0.1) is 5.92 Å². The summed E-state index contributed by atoms with van der Waals surface area (Å²) in [6, 6.07) is 7.52. The van der Waals surface area contributed by atoms with Crippen molar-refractivity contribution in [2.45, 2.75) is 20.3 Å². The zero-order chi connectivity index (χ0) is 18.7. The number of carbonyl (C=O) groups is 2. The van der Waals surface area contributed by atoms with E-state index in [-0.39, 0.29) is 41.8 Å². The number of nitrogens with zero attached hydrogens (tertiary/aromatic N) is 1. The van der Waals surface area contributed by atoms with Crippen LogP contribution in [-0.2, 0) is 16.0 Å². The van der Waals surface area contributed by atoms with Crippen molar-refractivity contribution < 1.29 is 14.3 Å². The van der Waals surface area contributed by atoms with E-state index in [1.165, 1.54) is 7.11 Å². The molecule has 0 aromatic heterocycles. The van der Waals surface area contributed by atoms with Gasteiger partial charge in [0.2, 0.25) is 0 Å². The number of hydrogen-bond acceptors (Lipinski definition) is 4. The number of halogens is 1. The highest BCUT2D eigenvalue weighted by Gasteiger charge is 2.12. The van der Waals surface area contributed by atoms with E-state index in [1.807, 2.05) is 25.1 Å². The van der Waals surface area contributed by atoms with Crippen LogP contribution in [0.2, 0.25) is 0 Å². The molecule has 0 aliphatic rings. The van der Waals surface area contributed by atoms with Crippen molar-refractivity contribution in [1.29, 1.82) is 0 Å². The van der Waals surface area contributed by atoms with Gasteiger partial charge in [-0.3, -0.25) is 14.6 Å². The Morgan fingerprint density at radius 2 is 2.00 bits per heavy atom. The number of methoxy groups -OCH3 is 1. The number of rotatable bonds is 8. The number of benzene rings is 1.